The van der Waals surface area contributed by atoms with Gasteiger partial charge >= 0.3 is 0 Å². The molecule has 0 radical (unpaired) electrons. The molecule has 134 valence electrons. The number of methoxy groups -OCH3 is 1. The second kappa shape index (κ2) is 7.74. The van der Waals surface area contributed by atoms with Gasteiger partial charge < -0.3 is 4.74 Å². The van der Waals surface area contributed by atoms with Crippen LogP contribution in [0.5, 0.6) is 5.75 Å². The Morgan fingerprint density at radius 2 is 2.00 bits per heavy atom. The van der Waals surface area contributed by atoms with E-state index in [9.17, 15) is 9.59 Å². The lowest BCUT2D eigenvalue weighted by molar-refractivity contribution is 0.101. The molecule has 0 saturated carbocycles. The van der Waals surface area contributed by atoms with Crippen molar-refractivity contribution in [1.82, 2.24) is 9.55 Å². The van der Waals surface area contributed by atoms with E-state index in [1.54, 1.807) is 36.8 Å². The fourth-order valence-electron chi connectivity index (χ4n) is 2.79. The number of Topliss-reactive ketones (excluding diaryl/α,β-unsaturated/α-hetero) is 1. The van der Waals surface area contributed by atoms with E-state index in [4.69, 9.17) is 4.74 Å². The lowest BCUT2D eigenvalue weighted by Gasteiger charge is -2.13. The molecule has 0 spiro atoms. The third-order valence-corrected chi connectivity index (χ3v) is 5.21. The average Bonchev–Trinajstić information content (AvgIpc) is 2.66. The third-order valence-electron chi connectivity index (χ3n) is 4.19. The molecular formula is C20H20N2O3S. The van der Waals surface area contributed by atoms with Crippen LogP contribution in [0.25, 0.3) is 10.9 Å². The first-order valence-electron chi connectivity index (χ1n) is 8.35. The van der Waals surface area contributed by atoms with E-state index in [0.29, 0.717) is 39.7 Å². The molecule has 0 N–H and O–H groups in total. The Balaban J connectivity index is 1.99. The smallest absolute Gasteiger partial charge is 0.262 e. The summed E-state index contributed by atoms with van der Waals surface area (Å²) in [5, 5.41) is 1.28. The van der Waals surface area contributed by atoms with Crippen molar-refractivity contribution < 1.29 is 9.53 Å². The van der Waals surface area contributed by atoms with Crippen LogP contribution in [0.3, 0.4) is 0 Å². The zero-order valence-corrected chi connectivity index (χ0v) is 15.8. The van der Waals surface area contributed by atoms with Crippen LogP contribution in [0.15, 0.2) is 52.4 Å². The molecule has 0 aliphatic carbocycles. The molecule has 0 fully saturated rings. The zero-order valence-electron chi connectivity index (χ0n) is 15.0. The minimum absolute atomic E-state index is 0.00759. The summed E-state index contributed by atoms with van der Waals surface area (Å²) in [5.41, 5.74) is 2.19. The number of fused-ring (bicyclic) bond motifs is 1. The minimum Gasteiger partial charge on any atom is -0.496 e. The van der Waals surface area contributed by atoms with Gasteiger partial charge in [-0.3, -0.25) is 14.2 Å². The molecule has 5 nitrogen and oxygen atoms in total. The van der Waals surface area contributed by atoms with Crippen LogP contribution in [-0.2, 0) is 12.3 Å². The Hall–Kier alpha value is -2.60. The van der Waals surface area contributed by atoms with Crippen LogP contribution in [0.1, 0.15) is 29.8 Å². The zero-order chi connectivity index (χ0) is 18.7. The highest BCUT2D eigenvalue weighted by atomic mass is 32.2. The monoisotopic (exact) mass is 368 g/mol. The molecule has 0 bridgehead atoms. The molecule has 1 aromatic heterocycles. The summed E-state index contributed by atoms with van der Waals surface area (Å²) >= 11 is 1.46. The van der Waals surface area contributed by atoms with Crippen molar-refractivity contribution in [1.29, 1.82) is 0 Å². The van der Waals surface area contributed by atoms with Gasteiger partial charge in [-0.05, 0) is 44.2 Å². The molecule has 0 unspecified atom stereocenters. The van der Waals surface area contributed by atoms with E-state index in [-0.39, 0.29) is 11.3 Å². The highest BCUT2D eigenvalue weighted by Gasteiger charge is 2.13. The number of aromatic nitrogens is 2. The number of hydrogen-bond donors (Lipinski definition) is 0. The topological polar surface area (TPSA) is 61.2 Å². The van der Waals surface area contributed by atoms with Gasteiger partial charge in [-0.25, -0.2) is 4.98 Å². The summed E-state index contributed by atoms with van der Waals surface area (Å²) < 4.78 is 7.08. The lowest BCUT2D eigenvalue weighted by atomic mass is 10.1. The molecule has 6 heteroatoms. The molecule has 0 aliphatic heterocycles. The number of carbonyl (C=O) groups is 1. The van der Waals surface area contributed by atoms with Crippen LogP contribution in [0.4, 0.5) is 0 Å². The van der Waals surface area contributed by atoms with Crippen molar-refractivity contribution in [2.45, 2.75) is 31.3 Å². The van der Waals surface area contributed by atoms with E-state index in [0.717, 1.165) is 5.56 Å². The second-order valence-corrected chi connectivity index (χ2v) is 6.77. The van der Waals surface area contributed by atoms with Gasteiger partial charge in [0.2, 0.25) is 0 Å². The maximum Gasteiger partial charge on any atom is 0.262 e. The predicted molar refractivity (Wildman–Crippen MR) is 104 cm³/mol. The second-order valence-electron chi connectivity index (χ2n) is 5.83. The summed E-state index contributed by atoms with van der Waals surface area (Å²) in [6.07, 6.45) is 0. The van der Waals surface area contributed by atoms with Crippen molar-refractivity contribution in [3.05, 3.63) is 63.9 Å². The molecule has 26 heavy (non-hydrogen) atoms. The van der Waals surface area contributed by atoms with Crippen molar-refractivity contribution in [3.63, 3.8) is 0 Å². The molecule has 0 saturated heterocycles. The van der Waals surface area contributed by atoms with Gasteiger partial charge in [0.15, 0.2) is 10.9 Å². The summed E-state index contributed by atoms with van der Waals surface area (Å²) in [6, 6.07) is 12.8. The van der Waals surface area contributed by atoms with Gasteiger partial charge in [0.1, 0.15) is 5.75 Å². The highest BCUT2D eigenvalue weighted by molar-refractivity contribution is 7.98. The maximum atomic E-state index is 12.7. The Kier molecular flexibility index (Phi) is 5.42. The van der Waals surface area contributed by atoms with E-state index < -0.39 is 0 Å². The Bertz CT molecular complexity index is 1030. The Morgan fingerprint density at radius 1 is 1.23 bits per heavy atom. The first-order valence-corrected chi connectivity index (χ1v) is 9.34. The van der Waals surface area contributed by atoms with E-state index in [1.807, 2.05) is 31.2 Å². The van der Waals surface area contributed by atoms with Crippen molar-refractivity contribution in [2.24, 2.45) is 0 Å². The molecule has 2 aromatic carbocycles. The molecule has 0 aliphatic rings. The summed E-state index contributed by atoms with van der Waals surface area (Å²) in [4.78, 5) is 29.0. The summed E-state index contributed by atoms with van der Waals surface area (Å²) in [6.45, 7) is 4.01. The van der Waals surface area contributed by atoms with E-state index in [2.05, 4.69) is 4.98 Å². The quantitative estimate of drug-likeness (QED) is 0.375. The number of rotatable bonds is 6. The standard InChI is InChI=1S/C20H20N2O3S/c1-4-22-19(24)16-7-5-6-8-17(16)21-20(22)26-12-15-11-14(13(2)23)9-10-18(15)25-3/h5-11H,4,12H2,1-3H3. The molecule has 1 heterocycles. The normalized spacial score (nSPS) is 10.9. The first kappa shape index (κ1) is 18.2. The van der Waals surface area contributed by atoms with Crippen LogP contribution in [0, 0.1) is 0 Å². The number of hydrogen-bond acceptors (Lipinski definition) is 5. The van der Waals surface area contributed by atoms with Gasteiger partial charge in [-0.1, -0.05) is 23.9 Å². The molecular weight excluding hydrogens is 348 g/mol. The van der Waals surface area contributed by atoms with Crippen LogP contribution >= 0.6 is 11.8 Å². The SMILES string of the molecule is CCn1c(SCc2cc(C(C)=O)ccc2OC)nc2ccccc2c1=O. The minimum atomic E-state index is -0.0370. The van der Waals surface area contributed by atoms with E-state index >= 15 is 0 Å². The fourth-order valence-corrected chi connectivity index (χ4v) is 3.83. The number of nitrogens with zero attached hydrogens (tertiary/aromatic N) is 2. The molecule has 3 rings (SSSR count). The van der Waals surface area contributed by atoms with Gasteiger partial charge in [-0.2, -0.15) is 0 Å². The summed E-state index contributed by atoms with van der Waals surface area (Å²) in [7, 11) is 1.60. The number of para-hydroxylation sites is 1. The van der Waals surface area contributed by atoms with Gasteiger partial charge in [0.05, 0.1) is 18.0 Å². The number of thioether (sulfide) groups is 1. The fraction of sp³-hybridized carbons (Fsp3) is 0.250. The predicted octanol–water partition coefficient (Wildman–Crippen LogP) is 3.92. The van der Waals surface area contributed by atoms with E-state index in [1.165, 1.54) is 11.8 Å². The van der Waals surface area contributed by atoms with Crippen molar-refractivity contribution in [2.75, 3.05) is 7.11 Å². The van der Waals surface area contributed by atoms with Crippen LogP contribution in [-0.4, -0.2) is 22.4 Å². The van der Waals surface area contributed by atoms with Crippen molar-refractivity contribution >= 4 is 28.4 Å². The average molecular weight is 368 g/mol. The first-order chi connectivity index (χ1) is 12.5. The largest absolute Gasteiger partial charge is 0.496 e. The molecule has 3 aromatic rings. The number of ketones is 1. The number of ether oxygens (including phenoxy) is 1. The van der Waals surface area contributed by atoms with Crippen molar-refractivity contribution in [3.8, 4) is 5.75 Å². The van der Waals surface area contributed by atoms with Gasteiger partial charge in [0.25, 0.3) is 5.56 Å². The van der Waals surface area contributed by atoms with Crippen LogP contribution in [0.2, 0.25) is 0 Å². The van der Waals surface area contributed by atoms with Gasteiger partial charge in [-0.15, -0.1) is 0 Å². The lowest BCUT2D eigenvalue weighted by Crippen LogP contribution is -2.22. The summed E-state index contributed by atoms with van der Waals surface area (Å²) in [5.74, 6) is 1.27. The van der Waals surface area contributed by atoms with Gasteiger partial charge in [0, 0.05) is 23.4 Å². The maximum absolute atomic E-state index is 12.7. The molecule has 0 amide bonds. The number of benzene rings is 2. The Morgan fingerprint density at radius 3 is 2.69 bits per heavy atom. The third kappa shape index (κ3) is 3.51. The Labute approximate surface area is 156 Å². The number of carbonyl (C=O) groups excluding carboxylic acids is 1. The highest BCUT2D eigenvalue weighted by Crippen LogP contribution is 2.28. The molecule has 0 atom stereocenters. The van der Waals surface area contributed by atoms with Crippen LogP contribution < -0.4 is 10.3 Å².